The van der Waals surface area contributed by atoms with Crippen molar-refractivity contribution >= 4 is 25.7 Å². The van der Waals surface area contributed by atoms with Gasteiger partial charge in [-0.25, -0.2) is 4.57 Å². The van der Waals surface area contributed by atoms with Gasteiger partial charge < -0.3 is 35.4 Å². The van der Waals surface area contributed by atoms with Crippen LogP contribution in [0.3, 0.4) is 0 Å². The lowest BCUT2D eigenvalue weighted by molar-refractivity contribution is -0.161. The van der Waals surface area contributed by atoms with E-state index in [-0.39, 0.29) is 25.7 Å². The van der Waals surface area contributed by atoms with E-state index < -0.39 is 69.9 Å². The van der Waals surface area contributed by atoms with Gasteiger partial charge in [0, 0.05) is 12.8 Å². The highest BCUT2D eigenvalue weighted by molar-refractivity contribution is 7.47. The quantitative estimate of drug-likeness (QED) is 0.0129. The number of unbranched alkanes of at least 4 members (excludes halogenated alkanes) is 13. The van der Waals surface area contributed by atoms with Crippen LogP contribution in [-0.4, -0.2) is 82.3 Å². The van der Waals surface area contributed by atoms with Crippen molar-refractivity contribution < 1.29 is 57.7 Å². The molecule has 6 N–H and O–H groups in total. The molecule has 14 heteroatoms. The number of aliphatic hydroxyl groups is 2. The highest BCUT2D eigenvalue weighted by Crippen LogP contribution is 2.43. The van der Waals surface area contributed by atoms with Gasteiger partial charge in [0.25, 0.3) is 0 Å². The molecule has 0 amide bonds. The molecule has 0 spiro atoms. The highest BCUT2D eigenvalue weighted by atomic mass is 31.2. The predicted molar refractivity (Wildman–Crippen MR) is 229 cm³/mol. The first kappa shape index (κ1) is 55.1. The number of ether oxygens (including phenoxy) is 2. The highest BCUT2D eigenvalue weighted by Gasteiger charge is 2.28. The van der Waals surface area contributed by atoms with Gasteiger partial charge in [0.1, 0.15) is 12.6 Å². The Bertz CT molecular complexity index is 1250. The van der Waals surface area contributed by atoms with Crippen LogP contribution in [0.5, 0.6) is 0 Å². The van der Waals surface area contributed by atoms with E-state index in [0.717, 1.165) is 64.2 Å². The molecule has 1 unspecified atom stereocenters. The maximum atomic E-state index is 12.6. The van der Waals surface area contributed by atoms with Gasteiger partial charge in [0.15, 0.2) is 6.10 Å². The molecule has 0 radical (unpaired) electrons. The minimum absolute atomic E-state index is 0.0908. The smallest absolute Gasteiger partial charge is 0.472 e. The van der Waals surface area contributed by atoms with Crippen LogP contribution >= 0.6 is 7.82 Å². The topological polar surface area (TPSA) is 212 Å². The van der Waals surface area contributed by atoms with Gasteiger partial charge in [0.2, 0.25) is 0 Å². The van der Waals surface area contributed by atoms with E-state index in [1.807, 2.05) is 24.3 Å². The van der Waals surface area contributed by atoms with E-state index in [4.69, 9.17) is 24.8 Å². The molecule has 0 aromatic heterocycles. The van der Waals surface area contributed by atoms with Crippen molar-refractivity contribution in [3.05, 3.63) is 60.8 Å². The lowest BCUT2D eigenvalue weighted by Gasteiger charge is -2.20. The van der Waals surface area contributed by atoms with Crippen molar-refractivity contribution in [1.82, 2.24) is 0 Å². The summed E-state index contributed by atoms with van der Waals surface area (Å²) in [6.07, 6.45) is 36.4. The monoisotopic (exact) mass is 842 g/mol. The molecule has 0 fully saturated rings. The zero-order valence-electron chi connectivity index (χ0n) is 35.3. The number of hydrogen-bond acceptors (Lipinski definition) is 11. The molecule has 0 aliphatic heterocycles. The molecule has 58 heavy (non-hydrogen) atoms. The van der Waals surface area contributed by atoms with Crippen molar-refractivity contribution in [2.24, 2.45) is 5.73 Å². The molecule has 5 atom stereocenters. The van der Waals surface area contributed by atoms with Crippen LogP contribution in [0.15, 0.2) is 60.8 Å². The summed E-state index contributed by atoms with van der Waals surface area (Å²) in [6.45, 7) is 2.44. The van der Waals surface area contributed by atoms with Gasteiger partial charge in [-0.3, -0.25) is 23.4 Å². The van der Waals surface area contributed by atoms with E-state index in [9.17, 15) is 34.1 Å². The van der Waals surface area contributed by atoms with E-state index >= 15 is 0 Å². The Kier molecular flexibility index (Phi) is 36.4. The molecule has 0 aromatic carbocycles. The Labute approximate surface area is 348 Å². The fourth-order valence-electron chi connectivity index (χ4n) is 5.45. The number of aliphatic carboxylic acids is 1. The molecular formula is C44H76NO12P. The van der Waals surface area contributed by atoms with Crippen LogP contribution in [-0.2, 0) is 37.5 Å². The maximum Gasteiger partial charge on any atom is 0.472 e. The van der Waals surface area contributed by atoms with E-state index in [2.05, 4.69) is 30.5 Å². The van der Waals surface area contributed by atoms with Gasteiger partial charge >= 0.3 is 25.7 Å². The molecule has 13 nitrogen and oxygen atoms in total. The molecule has 334 valence electrons. The van der Waals surface area contributed by atoms with Gasteiger partial charge in [-0.1, -0.05) is 145 Å². The summed E-state index contributed by atoms with van der Waals surface area (Å²) in [5.74, 6) is -2.65. The van der Waals surface area contributed by atoms with Crippen molar-refractivity contribution in [2.75, 3.05) is 19.8 Å². The van der Waals surface area contributed by atoms with Crippen LogP contribution in [0.1, 0.15) is 155 Å². The van der Waals surface area contributed by atoms with Gasteiger partial charge in [-0.15, -0.1) is 0 Å². The van der Waals surface area contributed by atoms with Crippen LogP contribution in [0, 0.1) is 0 Å². The number of carboxylic acid groups (broad SMARTS) is 1. The average Bonchev–Trinajstić information content (AvgIpc) is 3.18. The summed E-state index contributed by atoms with van der Waals surface area (Å²) in [5, 5.41) is 29.0. The second kappa shape index (κ2) is 38.3. The number of phosphoric ester groups is 1. The Balaban J connectivity index is 4.64. The molecule has 0 heterocycles. The Hall–Kier alpha value is -2.90. The number of hydrogen-bond donors (Lipinski definition) is 5. The molecule has 0 aliphatic carbocycles. The third-order valence-corrected chi connectivity index (χ3v) is 9.90. The molecule has 0 aromatic rings. The number of esters is 2. The summed E-state index contributed by atoms with van der Waals surface area (Å²) < 4.78 is 32.5. The summed E-state index contributed by atoms with van der Waals surface area (Å²) in [6, 6.07) is -1.56. The standard InChI is InChI=1S/C44H76NO12P/c1-3-5-7-8-9-10-11-12-13-14-15-16-20-23-27-33-42(48)54-35-40(36-55-58(52,53)56-37-41(45)44(50)51)57-43(49)34-28-32-39(47)31-26-22-19-17-18-21-25-30-38(46)29-24-6-4-2/h12-13,18-19,21-22,25-26,30-31,38-41,46-47H,3-11,14-17,20,23-24,27-29,32-37,45H2,1-2H3,(H,50,51)(H,52,53)/b13-12-,21-18-,22-19-,30-25+,31-26+/t38-,39-,40-,41+/m1/s1. The zero-order chi connectivity index (χ0) is 43.1. The minimum atomic E-state index is -4.78. The largest absolute Gasteiger partial charge is 0.480 e. The molecule has 0 saturated heterocycles. The van der Waals surface area contributed by atoms with E-state index in [1.165, 1.54) is 38.5 Å². The third-order valence-electron chi connectivity index (χ3n) is 8.95. The summed E-state index contributed by atoms with van der Waals surface area (Å²) in [5.41, 5.74) is 5.31. The molecule has 0 aliphatic rings. The van der Waals surface area contributed by atoms with Gasteiger partial charge in [-0.2, -0.15) is 0 Å². The number of rotatable bonds is 39. The molecule has 0 saturated carbocycles. The van der Waals surface area contributed by atoms with Crippen molar-refractivity contribution in [2.45, 2.75) is 179 Å². The lowest BCUT2D eigenvalue weighted by atomic mass is 10.1. The van der Waals surface area contributed by atoms with Crippen molar-refractivity contribution in [3.63, 3.8) is 0 Å². The number of carboxylic acids is 1. The Morgan fingerprint density at radius 2 is 1.12 bits per heavy atom. The second-order valence-electron chi connectivity index (χ2n) is 14.5. The maximum absolute atomic E-state index is 12.6. The minimum Gasteiger partial charge on any atom is -0.480 e. The van der Waals surface area contributed by atoms with Crippen molar-refractivity contribution in [3.8, 4) is 0 Å². The van der Waals surface area contributed by atoms with Crippen molar-refractivity contribution in [1.29, 1.82) is 0 Å². The number of allylic oxidation sites excluding steroid dienone is 8. The third kappa shape index (κ3) is 37.4. The van der Waals surface area contributed by atoms with Crippen LogP contribution in [0.2, 0.25) is 0 Å². The van der Waals surface area contributed by atoms with Crippen LogP contribution in [0.25, 0.3) is 0 Å². The normalized spacial score (nSPS) is 15.4. The number of carbonyl (C=O) groups is 3. The first-order valence-corrected chi connectivity index (χ1v) is 23.0. The predicted octanol–water partition coefficient (Wildman–Crippen LogP) is 9.11. The molecule has 0 bridgehead atoms. The summed E-state index contributed by atoms with van der Waals surface area (Å²) >= 11 is 0. The van der Waals surface area contributed by atoms with E-state index in [0.29, 0.717) is 12.8 Å². The van der Waals surface area contributed by atoms with Crippen LogP contribution < -0.4 is 5.73 Å². The molecule has 0 rings (SSSR count). The lowest BCUT2D eigenvalue weighted by Crippen LogP contribution is -2.34. The Morgan fingerprint density at radius 3 is 1.71 bits per heavy atom. The Morgan fingerprint density at radius 1 is 0.621 bits per heavy atom. The average molecular weight is 842 g/mol. The zero-order valence-corrected chi connectivity index (χ0v) is 36.2. The SMILES string of the molecule is CCCCCCCC/C=C\CCCCCCCC(=O)OC[C@H](COP(=O)(O)OC[C@H](N)C(=O)O)OC(=O)CCC[C@H](O)/C=C/C=C\C/C=C\C=C\[C@H](O)CCCCC. The molecular weight excluding hydrogens is 765 g/mol. The van der Waals surface area contributed by atoms with Crippen LogP contribution in [0.4, 0.5) is 0 Å². The second-order valence-corrected chi connectivity index (χ2v) is 16.0. The first-order valence-electron chi connectivity index (χ1n) is 21.5. The first-order chi connectivity index (χ1) is 27.9. The number of phosphoric acid groups is 1. The fraction of sp³-hybridized carbons (Fsp3) is 0.705. The van der Waals surface area contributed by atoms with Gasteiger partial charge in [-0.05, 0) is 57.8 Å². The van der Waals surface area contributed by atoms with Gasteiger partial charge in [0.05, 0.1) is 25.4 Å². The van der Waals surface area contributed by atoms with E-state index in [1.54, 1.807) is 24.3 Å². The summed E-state index contributed by atoms with van der Waals surface area (Å²) in [4.78, 5) is 45.9. The number of carbonyl (C=O) groups excluding carboxylic acids is 2. The number of nitrogens with two attached hydrogens (primary N) is 1. The fourth-order valence-corrected chi connectivity index (χ4v) is 6.23. The summed E-state index contributed by atoms with van der Waals surface area (Å²) in [7, 11) is -4.78. The number of aliphatic hydroxyl groups excluding tert-OH is 2.